The fraction of sp³-hybridized carbons (Fsp3) is 0.611. The van der Waals surface area contributed by atoms with Gasteiger partial charge >= 0.3 is 0 Å². The van der Waals surface area contributed by atoms with Crippen LogP contribution in [0.1, 0.15) is 37.8 Å². The number of guanidine groups is 1. The van der Waals surface area contributed by atoms with E-state index in [1.807, 2.05) is 6.92 Å². The fourth-order valence-corrected chi connectivity index (χ4v) is 2.79. The molecular weight excluding hydrogens is 401 g/mol. The maximum Gasteiger partial charge on any atom is 0.191 e. The van der Waals surface area contributed by atoms with Gasteiger partial charge in [0.15, 0.2) is 5.96 Å². The second-order valence-corrected chi connectivity index (χ2v) is 5.91. The molecule has 1 saturated carbocycles. The van der Waals surface area contributed by atoms with Crippen LogP contribution < -0.4 is 10.6 Å². The van der Waals surface area contributed by atoms with E-state index in [1.165, 1.54) is 24.0 Å². The first-order valence-corrected chi connectivity index (χ1v) is 8.38. The quantitative estimate of drug-likeness (QED) is 0.288. The van der Waals surface area contributed by atoms with Crippen LogP contribution in [0.5, 0.6) is 0 Å². The summed E-state index contributed by atoms with van der Waals surface area (Å²) in [6, 6.07) is 8.70. The zero-order chi connectivity index (χ0) is 15.8. The highest BCUT2D eigenvalue weighted by atomic mass is 127. The summed E-state index contributed by atoms with van der Waals surface area (Å²) in [6.45, 7) is 10.3. The van der Waals surface area contributed by atoms with Gasteiger partial charge in [-0.3, -0.25) is 4.99 Å². The summed E-state index contributed by atoms with van der Waals surface area (Å²) < 4.78 is 5.36. The predicted octanol–water partition coefficient (Wildman–Crippen LogP) is 3.24. The van der Waals surface area contributed by atoms with Crippen LogP contribution >= 0.6 is 24.0 Å². The Hall–Kier alpha value is -0.820. The molecule has 5 heteroatoms. The molecule has 0 atom stereocenters. The highest BCUT2D eigenvalue weighted by Crippen LogP contribution is 2.49. The number of aliphatic imine (C=N–C) groups is 1. The van der Waals surface area contributed by atoms with Crippen molar-refractivity contribution < 1.29 is 4.74 Å². The first kappa shape index (κ1) is 20.2. The Balaban J connectivity index is 0.00000264. The molecule has 0 aromatic heterocycles. The molecule has 1 aromatic carbocycles. The fourth-order valence-electron chi connectivity index (χ4n) is 2.79. The zero-order valence-corrected chi connectivity index (χ0v) is 16.9. The van der Waals surface area contributed by atoms with Gasteiger partial charge < -0.3 is 15.4 Å². The van der Waals surface area contributed by atoms with E-state index in [1.54, 1.807) is 0 Å². The molecule has 0 radical (unpaired) electrons. The molecule has 0 unspecified atom stereocenters. The van der Waals surface area contributed by atoms with Gasteiger partial charge in [-0.2, -0.15) is 0 Å². The maximum absolute atomic E-state index is 5.36. The van der Waals surface area contributed by atoms with Crippen LogP contribution in [0, 0.1) is 6.92 Å². The van der Waals surface area contributed by atoms with E-state index in [2.05, 4.69) is 48.7 Å². The third-order valence-electron chi connectivity index (χ3n) is 4.20. The SMILES string of the molecule is CCNC(=NCC1(c2ccccc2C)CC1)NCCOCC.I. The summed E-state index contributed by atoms with van der Waals surface area (Å²) in [5.41, 5.74) is 3.10. The van der Waals surface area contributed by atoms with E-state index in [9.17, 15) is 0 Å². The number of nitrogens with zero attached hydrogens (tertiary/aromatic N) is 1. The average Bonchev–Trinajstić information content (AvgIpc) is 3.30. The lowest BCUT2D eigenvalue weighted by atomic mass is 9.92. The number of hydrogen-bond acceptors (Lipinski definition) is 2. The predicted molar refractivity (Wildman–Crippen MR) is 108 cm³/mol. The normalized spacial score (nSPS) is 15.7. The topological polar surface area (TPSA) is 45.7 Å². The van der Waals surface area contributed by atoms with Crippen molar-refractivity contribution in [2.75, 3.05) is 32.8 Å². The minimum Gasteiger partial charge on any atom is -0.380 e. The molecule has 2 rings (SSSR count). The van der Waals surface area contributed by atoms with Crippen LogP contribution in [0.15, 0.2) is 29.3 Å². The van der Waals surface area contributed by atoms with Crippen molar-refractivity contribution in [2.45, 2.75) is 39.0 Å². The molecule has 0 aliphatic heterocycles. The van der Waals surface area contributed by atoms with Crippen LogP contribution in [0.3, 0.4) is 0 Å². The van der Waals surface area contributed by atoms with Gasteiger partial charge in [-0.05, 0) is 44.7 Å². The maximum atomic E-state index is 5.36. The van der Waals surface area contributed by atoms with Crippen molar-refractivity contribution in [3.63, 3.8) is 0 Å². The Bertz CT molecular complexity index is 501. The van der Waals surface area contributed by atoms with Crippen molar-refractivity contribution in [3.8, 4) is 0 Å². The van der Waals surface area contributed by atoms with Crippen LogP contribution in [0.25, 0.3) is 0 Å². The van der Waals surface area contributed by atoms with Gasteiger partial charge in [0.1, 0.15) is 0 Å². The molecule has 0 heterocycles. The Morgan fingerprint density at radius 2 is 1.96 bits per heavy atom. The van der Waals surface area contributed by atoms with Crippen molar-refractivity contribution in [1.82, 2.24) is 10.6 Å². The molecule has 0 saturated heterocycles. The molecule has 2 N–H and O–H groups in total. The third kappa shape index (κ3) is 5.95. The number of halogens is 1. The van der Waals surface area contributed by atoms with Crippen LogP contribution in [0.2, 0.25) is 0 Å². The van der Waals surface area contributed by atoms with Gasteiger partial charge in [-0.15, -0.1) is 24.0 Å². The molecular formula is C18H30IN3O. The van der Waals surface area contributed by atoms with Crippen molar-refractivity contribution in [2.24, 2.45) is 4.99 Å². The minimum atomic E-state index is 0. The van der Waals surface area contributed by atoms with Crippen LogP contribution in [-0.2, 0) is 10.2 Å². The highest BCUT2D eigenvalue weighted by molar-refractivity contribution is 14.0. The lowest BCUT2D eigenvalue weighted by molar-refractivity contribution is 0.152. The monoisotopic (exact) mass is 431 g/mol. The van der Waals surface area contributed by atoms with Gasteiger partial charge in [0.25, 0.3) is 0 Å². The van der Waals surface area contributed by atoms with E-state index < -0.39 is 0 Å². The molecule has 23 heavy (non-hydrogen) atoms. The van der Waals surface area contributed by atoms with Crippen molar-refractivity contribution in [1.29, 1.82) is 0 Å². The lowest BCUT2D eigenvalue weighted by Crippen LogP contribution is -2.39. The summed E-state index contributed by atoms with van der Waals surface area (Å²) in [6.07, 6.45) is 2.47. The van der Waals surface area contributed by atoms with Gasteiger partial charge in [0, 0.05) is 25.1 Å². The Labute approximate surface area is 157 Å². The second kappa shape index (κ2) is 10.1. The van der Waals surface area contributed by atoms with E-state index in [-0.39, 0.29) is 29.4 Å². The molecule has 1 aromatic rings. The van der Waals surface area contributed by atoms with Crippen molar-refractivity contribution >= 4 is 29.9 Å². The number of aryl methyl sites for hydroxylation is 1. The van der Waals surface area contributed by atoms with E-state index in [0.717, 1.165) is 32.2 Å². The van der Waals surface area contributed by atoms with Gasteiger partial charge in [0.05, 0.1) is 13.2 Å². The summed E-state index contributed by atoms with van der Waals surface area (Å²) in [5.74, 6) is 0.891. The molecule has 4 nitrogen and oxygen atoms in total. The molecule has 130 valence electrons. The Kier molecular flexibility index (Phi) is 8.91. The summed E-state index contributed by atoms with van der Waals surface area (Å²) >= 11 is 0. The highest BCUT2D eigenvalue weighted by Gasteiger charge is 2.44. The van der Waals surface area contributed by atoms with Gasteiger partial charge in [0.2, 0.25) is 0 Å². The molecule has 1 aliphatic rings. The third-order valence-corrected chi connectivity index (χ3v) is 4.20. The first-order chi connectivity index (χ1) is 10.7. The zero-order valence-electron chi connectivity index (χ0n) is 14.5. The minimum absolute atomic E-state index is 0. The summed E-state index contributed by atoms with van der Waals surface area (Å²) in [4.78, 5) is 4.80. The standard InChI is InChI=1S/C18H29N3O.HI/c1-4-19-17(20-12-13-22-5-2)21-14-18(10-11-18)16-9-7-6-8-15(16)3;/h6-9H,4-5,10-14H2,1-3H3,(H2,19,20,21);1H. The summed E-state index contributed by atoms with van der Waals surface area (Å²) in [7, 11) is 0. The second-order valence-electron chi connectivity index (χ2n) is 5.91. The van der Waals surface area contributed by atoms with E-state index >= 15 is 0 Å². The van der Waals surface area contributed by atoms with E-state index in [4.69, 9.17) is 9.73 Å². The molecule has 0 bridgehead atoms. The molecule has 1 fully saturated rings. The van der Waals surface area contributed by atoms with Crippen molar-refractivity contribution in [3.05, 3.63) is 35.4 Å². The Morgan fingerprint density at radius 3 is 2.57 bits per heavy atom. The number of ether oxygens (including phenoxy) is 1. The molecule has 0 spiro atoms. The number of benzene rings is 1. The van der Waals surface area contributed by atoms with Crippen LogP contribution in [0.4, 0.5) is 0 Å². The molecule has 1 aliphatic carbocycles. The molecule has 0 amide bonds. The lowest BCUT2D eigenvalue weighted by Gasteiger charge is -2.17. The van der Waals surface area contributed by atoms with Gasteiger partial charge in [-0.1, -0.05) is 24.3 Å². The number of rotatable bonds is 8. The Morgan fingerprint density at radius 1 is 1.22 bits per heavy atom. The van der Waals surface area contributed by atoms with E-state index in [0.29, 0.717) is 6.61 Å². The van der Waals surface area contributed by atoms with Gasteiger partial charge in [-0.25, -0.2) is 0 Å². The smallest absolute Gasteiger partial charge is 0.191 e. The van der Waals surface area contributed by atoms with Crippen LogP contribution in [-0.4, -0.2) is 38.8 Å². The first-order valence-electron chi connectivity index (χ1n) is 8.38. The number of nitrogens with one attached hydrogen (secondary N) is 2. The largest absolute Gasteiger partial charge is 0.380 e. The average molecular weight is 431 g/mol. The summed E-state index contributed by atoms with van der Waals surface area (Å²) in [5, 5.41) is 6.65. The number of hydrogen-bond donors (Lipinski definition) is 2.